The molecule has 3 fully saturated rings. The van der Waals surface area contributed by atoms with Crippen LogP contribution in [0.15, 0.2) is 39.5 Å². The lowest BCUT2D eigenvalue weighted by Gasteiger charge is -2.46. The Morgan fingerprint density at radius 3 is 1.96 bits per heavy atom. The van der Waals surface area contributed by atoms with E-state index in [0.717, 1.165) is 12.1 Å². The minimum absolute atomic E-state index is 0.0468. The number of ether oxygens (including phenoxy) is 7. The molecule has 0 unspecified atom stereocenters. The minimum atomic E-state index is -2.02. The summed E-state index contributed by atoms with van der Waals surface area (Å²) in [5.41, 5.74) is -1.31. The first-order valence-corrected chi connectivity index (χ1v) is 16.8. The molecule has 0 saturated carbocycles. The van der Waals surface area contributed by atoms with Gasteiger partial charge in [-0.25, -0.2) is 0 Å². The van der Waals surface area contributed by atoms with E-state index >= 15 is 0 Å². The maximum atomic E-state index is 14.2. The minimum Gasteiger partial charge on any atom is -0.508 e. The van der Waals surface area contributed by atoms with E-state index < -0.39 is 127 Å². The van der Waals surface area contributed by atoms with Gasteiger partial charge < -0.3 is 93.7 Å². The molecule has 4 heterocycles. The van der Waals surface area contributed by atoms with E-state index in [4.69, 9.17) is 37.6 Å². The van der Waals surface area contributed by atoms with Crippen LogP contribution in [0.4, 0.5) is 0 Å². The third-order valence-corrected chi connectivity index (χ3v) is 9.57. The second-order valence-corrected chi connectivity index (χ2v) is 13.3. The first kappa shape index (κ1) is 39.8. The number of aliphatic hydroxyl groups is 8. The third-order valence-electron chi connectivity index (χ3n) is 9.57. The summed E-state index contributed by atoms with van der Waals surface area (Å²) in [5.74, 6) is -2.63. The molecular formula is C34H42O20. The van der Waals surface area contributed by atoms with Gasteiger partial charge in [0.2, 0.25) is 17.5 Å². The van der Waals surface area contributed by atoms with Crippen LogP contribution in [0.2, 0.25) is 0 Å². The maximum Gasteiger partial charge on any atom is 0.239 e. The number of aliphatic hydroxyl groups excluding tert-OH is 8. The molecule has 1 aromatic heterocycles. The monoisotopic (exact) mass is 770 g/mol. The molecule has 54 heavy (non-hydrogen) atoms. The van der Waals surface area contributed by atoms with Gasteiger partial charge in [0, 0.05) is 17.7 Å². The molecule has 0 amide bonds. The second kappa shape index (κ2) is 15.7. The zero-order valence-electron chi connectivity index (χ0n) is 28.8. The van der Waals surface area contributed by atoms with E-state index in [1.165, 1.54) is 39.2 Å². The molecule has 0 radical (unpaired) electrons. The fourth-order valence-electron chi connectivity index (χ4n) is 6.40. The van der Waals surface area contributed by atoms with Crippen molar-refractivity contribution in [1.29, 1.82) is 0 Å². The van der Waals surface area contributed by atoms with Crippen molar-refractivity contribution in [2.45, 2.75) is 106 Å². The highest BCUT2D eigenvalue weighted by Gasteiger charge is 2.52. The smallest absolute Gasteiger partial charge is 0.239 e. The van der Waals surface area contributed by atoms with E-state index in [-0.39, 0.29) is 28.4 Å². The lowest BCUT2D eigenvalue weighted by molar-refractivity contribution is -0.360. The van der Waals surface area contributed by atoms with Crippen LogP contribution >= 0.6 is 0 Å². The summed E-state index contributed by atoms with van der Waals surface area (Å²) in [6, 6.07) is 5.69. The van der Waals surface area contributed by atoms with Crippen molar-refractivity contribution in [3.63, 3.8) is 0 Å². The third kappa shape index (κ3) is 7.41. The largest absolute Gasteiger partial charge is 0.508 e. The molecule has 3 aromatic rings. The van der Waals surface area contributed by atoms with Crippen molar-refractivity contribution in [2.75, 3.05) is 13.7 Å². The van der Waals surface area contributed by atoms with Crippen LogP contribution in [0, 0.1) is 0 Å². The molecule has 11 N–H and O–H groups in total. The Bertz CT molecular complexity index is 1850. The van der Waals surface area contributed by atoms with Crippen molar-refractivity contribution in [1.82, 2.24) is 0 Å². The number of methoxy groups -OCH3 is 1. The standard InChI is InChI=1S/C34H42O20/c1-10-20(38)24(42)27(45)32(49-10)48-9-18-22(40)26(44)31(54-33-28(46)25(43)21(39)11(2)50-33)34(52-18)53-30-23(41)19-15(37)7-13(35)8-17(19)51-29(30)12-4-5-14(36)16(6-12)47-3/h4-8,10-11,18,20-22,24-28,31-40,42-46H,9H2,1-3H3/t10-,11-,18+,20-,21-,22+,24+,25+,26-,27+,28+,31+,32+,33-,34+/m0/s1. The molecule has 298 valence electrons. The van der Waals surface area contributed by atoms with Crippen molar-refractivity contribution in [3.8, 4) is 40.1 Å². The zero-order valence-corrected chi connectivity index (χ0v) is 28.8. The van der Waals surface area contributed by atoms with E-state index in [1.807, 2.05) is 0 Å². The first-order chi connectivity index (χ1) is 25.5. The van der Waals surface area contributed by atoms with Crippen molar-refractivity contribution in [3.05, 3.63) is 40.6 Å². The van der Waals surface area contributed by atoms with Gasteiger partial charge in [0.1, 0.15) is 77.4 Å². The second-order valence-electron chi connectivity index (χ2n) is 13.3. The lowest BCUT2D eigenvalue weighted by Crippen LogP contribution is -2.65. The number of benzene rings is 2. The van der Waals surface area contributed by atoms with Crippen LogP contribution < -0.4 is 14.9 Å². The maximum absolute atomic E-state index is 14.2. The fraction of sp³-hybridized carbons (Fsp3) is 0.559. The molecule has 0 aliphatic carbocycles. The molecule has 20 nitrogen and oxygen atoms in total. The SMILES string of the molecule is COc1cc(-c2oc3cc(O)cc(O)c3c(=O)c2O[C@H]2O[C@H](CO[C@@H]3O[C@@H](C)[C@H](O)[C@@H](O)[C@H]3O)[C@@H](O)[C@H](O)[C@H]2O[C@@H]2O[C@@H](C)[C@H](O)[C@@H](O)[C@H]2O)ccc1O. The molecule has 20 heteroatoms. The summed E-state index contributed by atoms with van der Waals surface area (Å²) in [4.78, 5) is 14.2. The van der Waals surface area contributed by atoms with Crippen LogP contribution in [0.3, 0.4) is 0 Å². The summed E-state index contributed by atoms with van der Waals surface area (Å²) in [6.45, 7) is 2.09. The highest BCUT2D eigenvalue weighted by Crippen LogP contribution is 2.40. The van der Waals surface area contributed by atoms with Gasteiger partial charge in [0.25, 0.3) is 0 Å². The van der Waals surface area contributed by atoms with Gasteiger partial charge in [-0.05, 0) is 32.0 Å². The molecule has 15 atom stereocenters. The summed E-state index contributed by atoms with van der Waals surface area (Å²) in [5, 5.41) is 115. The van der Waals surface area contributed by atoms with Gasteiger partial charge in [-0.15, -0.1) is 0 Å². The summed E-state index contributed by atoms with van der Waals surface area (Å²) >= 11 is 0. The summed E-state index contributed by atoms with van der Waals surface area (Å²) in [7, 11) is 1.26. The fourth-order valence-corrected chi connectivity index (χ4v) is 6.40. The highest BCUT2D eigenvalue weighted by molar-refractivity contribution is 5.88. The topological polar surface area (TPSA) is 317 Å². The molecule has 3 aliphatic heterocycles. The Hall–Kier alpha value is -3.87. The first-order valence-electron chi connectivity index (χ1n) is 16.8. The average molecular weight is 771 g/mol. The van der Waals surface area contributed by atoms with Gasteiger partial charge >= 0.3 is 0 Å². The van der Waals surface area contributed by atoms with E-state index in [0.29, 0.717) is 0 Å². The molecular weight excluding hydrogens is 728 g/mol. The van der Waals surface area contributed by atoms with Crippen LogP contribution in [0.25, 0.3) is 22.3 Å². The Labute approximate surface area is 305 Å². The van der Waals surface area contributed by atoms with Gasteiger partial charge in [-0.3, -0.25) is 4.79 Å². The Balaban J connectivity index is 1.41. The summed E-state index contributed by atoms with van der Waals surface area (Å²) in [6.07, 6.45) is -24.9. The zero-order chi connectivity index (χ0) is 39.3. The highest BCUT2D eigenvalue weighted by atomic mass is 16.8. The van der Waals surface area contributed by atoms with Crippen molar-refractivity contribution >= 4 is 11.0 Å². The number of rotatable bonds is 9. The Morgan fingerprint density at radius 2 is 1.31 bits per heavy atom. The molecule has 3 saturated heterocycles. The number of fused-ring (bicyclic) bond motifs is 1. The normalized spacial score (nSPS) is 37.3. The van der Waals surface area contributed by atoms with E-state index in [1.54, 1.807) is 0 Å². The predicted octanol–water partition coefficient (Wildman–Crippen LogP) is -2.53. The number of hydrogen-bond donors (Lipinski definition) is 11. The van der Waals surface area contributed by atoms with E-state index in [9.17, 15) is 61.0 Å². The molecule has 0 spiro atoms. The Kier molecular flexibility index (Phi) is 11.6. The van der Waals surface area contributed by atoms with Crippen LogP contribution in [-0.2, 0) is 23.7 Å². The van der Waals surface area contributed by atoms with Gasteiger partial charge in [0.15, 0.2) is 35.9 Å². The number of hydrogen-bond acceptors (Lipinski definition) is 20. The Morgan fingerprint density at radius 1 is 0.685 bits per heavy atom. The predicted molar refractivity (Wildman–Crippen MR) is 176 cm³/mol. The van der Waals surface area contributed by atoms with Crippen LogP contribution in [0.5, 0.6) is 28.7 Å². The molecule has 0 bridgehead atoms. The number of phenolic OH excluding ortho intramolecular Hbond substituents is 3. The van der Waals surface area contributed by atoms with Gasteiger partial charge in [-0.2, -0.15) is 0 Å². The summed E-state index contributed by atoms with van der Waals surface area (Å²) < 4.78 is 45.6. The number of aromatic hydroxyl groups is 3. The molecule has 3 aliphatic rings. The average Bonchev–Trinajstić information content (AvgIpc) is 3.13. The molecule has 6 rings (SSSR count). The number of phenols is 3. The van der Waals surface area contributed by atoms with Crippen molar-refractivity contribution in [2.24, 2.45) is 0 Å². The molecule has 2 aromatic carbocycles. The van der Waals surface area contributed by atoms with Gasteiger partial charge in [0.05, 0.1) is 25.9 Å². The van der Waals surface area contributed by atoms with Crippen molar-refractivity contribution < 1.29 is 93.7 Å². The van der Waals surface area contributed by atoms with Crippen LogP contribution in [0.1, 0.15) is 13.8 Å². The lowest BCUT2D eigenvalue weighted by atomic mass is 9.97. The van der Waals surface area contributed by atoms with Crippen LogP contribution in [-0.4, -0.2) is 162 Å². The van der Waals surface area contributed by atoms with Gasteiger partial charge in [-0.1, -0.05) is 0 Å². The van der Waals surface area contributed by atoms with E-state index in [2.05, 4.69) is 0 Å². The quantitative estimate of drug-likeness (QED) is 0.107.